The number of amides is 1. The Bertz CT molecular complexity index is 307. The lowest BCUT2D eigenvalue weighted by Crippen LogP contribution is -2.45. The summed E-state index contributed by atoms with van der Waals surface area (Å²) < 4.78 is 0. The topological polar surface area (TPSA) is 69.6 Å². The van der Waals surface area contributed by atoms with Crippen molar-refractivity contribution in [2.24, 2.45) is 0 Å². The number of allylic oxidation sites excluding steroid dienone is 1. The number of hydrogen-bond donors (Lipinski definition) is 2. The molecule has 5 heteroatoms. The average molecular weight is 254 g/mol. The van der Waals surface area contributed by atoms with Gasteiger partial charge in [0.2, 0.25) is 5.91 Å². The molecule has 0 spiro atoms. The number of piperidine rings is 1. The third-order valence-electron chi connectivity index (χ3n) is 3.02. The van der Waals surface area contributed by atoms with E-state index in [1.54, 1.807) is 0 Å². The van der Waals surface area contributed by atoms with Crippen molar-refractivity contribution in [3.05, 3.63) is 12.2 Å². The van der Waals surface area contributed by atoms with Crippen molar-refractivity contribution in [3.8, 4) is 0 Å². The predicted molar refractivity (Wildman–Crippen MR) is 69.3 cm³/mol. The molecular formula is C13H22N2O3. The highest BCUT2D eigenvalue weighted by Gasteiger charge is 2.21. The molecule has 0 aliphatic carbocycles. The molecule has 0 aromatic heterocycles. The number of carbonyl (C=O) groups is 2. The lowest BCUT2D eigenvalue weighted by atomic mass is 10.0. The third-order valence-corrected chi connectivity index (χ3v) is 3.02. The smallest absolute Gasteiger partial charge is 0.317 e. The first kappa shape index (κ1) is 14.7. The highest BCUT2D eigenvalue weighted by atomic mass is 16.4. The number of carboxylic acid groups (broad SMARTS) is 1. The fourth-order valence-corrected chi connectivity index (χ4v) is 2.07. The lowest BCUT2D eigenvalue weighted by Gasteiger charge is -2.31. The number of hydrogen-bond acceptors (Lipinski definition) is 3. The van der Waals surface area contributed by atoms with E-state index in [0.717, 1.165) is 32.4 Å². The maximum absolute atomic E-state index is 11.6. The monoisotopic (exact) mass is 254 g/mol. The maximum atomic E-state index is 11.6. The van der Waals surface area contributed by atoms with Gasteiger partial charge < -0.3 is 10.4 Å². The van der Waals surface area contributed by atoms with Crippen LogP contribution < -0.4 is 5.32 Å². The first-order valence-corrected chi connectivity index (χ1v) is 6.50. The van der Waals surface area contributed by atoms with Crippen molar-refractivity contribution >= 4 is 11.9 Å². The van der Waals surface area contributed by atoms with Crippen LogP contribution in [0.5, 0.6) is 0 Å². The van der Waals surface area contributed by atoms with Crippen LogP contribution in [0.4, 0.5) is 0 Å². The first-order valence-electron chi connectivity index (χ1n) is 6.50. The number of rotatable bonds is 6. The Hall–Kier alpha value is -1.36. The molecule has 5 nitrogen and oxygen atoms in total. The first-order chi connectivity index (χ1) is 8.61. The molecule has 1 fully saturated rings. The van der Waals surface area contributed by atoms with Crippen molar-refractivity contribution in [2.45, 2.75) is 38.6 Å². The fraction of sp³-hybridized carbons (Fsp3) is 0.692. The van der Waals surface area contributed by atoms with Gasteiger partial charge in [0.05, 0.1) is 6.54 Å². The van der Waals surface area contributed by atoms with Crippen LogP contribution in [0.2, 0.25) is 0 Å². The molecule has 0 atom stereocenters. The van der Waals surface area contributed by atoms with Gasteiger partial charge in [0.15, 0.2) is 0 Å². The van der Waals surface area contributed by atoms with Crippen molar-refractivity contribution in [3.63, 3.8) is 0 Å². The average Bonchev–Trinajstić information content (AvgIpc) is 2.31. The molecular weight excluding hydrogens is 232 g/mol. The van der Waals surface area contributed by atoms with Crippen LogP contribution in [0.1, 0.15) is 32.6 Å². The van der Waals surface area contributed by atoms with Gasteiger partial charge in [-0.2, -0.15) is 0 Å². The molecule has 1 saturated heterocycles. The van der Waals surface area contributed by atoms with E-state index in [2.05, 4.69) is 5.32 Å². The summed E-state index contributed by atoms with van der Waals surface area (Å²) in [6.45, 7) is 3.61. The van der Waals surface area contributed by atoms with E-state index in [1.807, 2.05) is 24.0 Å². The summed E-state index contributed by atoms with van der Waals surface area (Å²) in [6.07, 6.45) is 6.90. The molecule has 0 saturated carbocycles. The van der Waals surface area contributed by atoms with Crippen LogP contribution in [0.3, 0.4) is 0 Å². The van der Waals surface area contributed by atoms with Crippen LogP contribution in [0, 0.1) is 0 Å². The molecule has 1 rings (SSSR count). The van der Waals surface area contributed by atoms with Gasteiger partial charge in [-0.05, 0) is 19.3 Å². The van der Waals surface area contributed by atoms with Gasteiger partial charge in [-0.1, -0.05) is 19.1 Å². The molecule has 0 aromatic carbocycles. The normalized spacial score (nSPS) is 18.1. The molecule has 1 aliphatic heterocycles. The summed E-state index contributed by atoms with van der Waals surface area (Å²) in [4.78, 5) is 24.0. The summed E-state index contributed by atoms with van der Waals surface area (Å²) >= 11 is 0. The SMILES string of the molecule is CCC=CCC(=O)NC1CCN(CC(=O)O)CC1. The Labute approximate surface area is 108 Å². The Morgan fingerprint density at radius 2 is 2.00 bits per heavy atom. The summed E-state index contributed by atoms with van der Waals surface area (Å²) in [5.74, 6) is -0.737. The molecule has 102 valence electrons. The number of carbonyl (C=O) groups excluding carboxylic acids is 1. The second-order valence-electron chi connectivity index (χ2n) is 4.60. The van der Waals surface area contributed by atoms with Gasteiger partial charge in [-0.15, -0.1) is 0 Å². The Balaban J connectivity index is 2.20. The zero-order valence-electron chi connectivity index (χ0n) is 10.9. The number of nitrogens with one attached hydrogen (secondary N) is 1. The van der Waals surface area contributed by atoms with Gasteiger partial charge in [0.25, 0.3) is 0 Å². The van der Waals surface area contributed by atoms with E-state index in [9.17, 15) is 9.59 Å². The molecule has 1 heterocycles. The van der Waals surface area contributed by atoms with E-state index in [4.69, 9.17) is 5.11 Å². The zero-order valence-corrected chi connectivity index (χ0v) is 10.9. The molecule has 0 unspecified atom stereocenters. The molecule has 2 N–H and O–H groups in total. The van der Waals surface area contributed by atoms with Gasteiger partial charge in [-0.25, -0.2) is 0 Å². The summed E-state index contributed by atoms with van der Waals surface area (Å²) in [6, 6.07) is 0.192. The highest BCUT2D eigenvalue weighted by molar-refractivity contribution is 5.77. The largest absolute Gasteiger partial charge is 0.480 e. The van der Waals surface area contributed by atoms with E-state index in [-0.39, 0.29) is 18.5 Å². The van der Waals surface area contributed by atoms with Crippen LogP contribution in [-0.4, -0.2) is 47.6 Å². The number of aliphatic carboxylic acids is 1. The minimum atomic E-state index is -0.790. The zero-order chi connectivity index (χ0) is 13.4. The molecule has 0 bridgehead atoms. The van der Waals surface area contributed by atoms with Crippen molar-refractivity contribution in [1.82, 2.24) is 10.2 Å². The lowest BCUT2D eigenvalue weighted by molar-refractivity contribution is -0.138. The second-order valence-corrected chi connectivity index (χ2v) is 4.60. The number of carboxylic acids is 1. The Morgan fingerprint density at radius 3 is 2.56 bits per heavy atom. The second kappa shape index (κ2) is 7.87. The number of nitrogens with zero attached hydrogens (tertiary/aromatic N) is 1. The minimum absolute atomic E-state index is 0.0522. The fourth-order valence-electron chi connectivity index (χ4n) is 2.07. The van der Waals surface area contributed by atoms with Gasteiger partial charge in [-0.3, -0.25) is 14.5 Å². The molecule has 1 amide bonds. The van der Waals surface area contributed by atoms with Crippen LogP contribution >= 0.6 is 0 Å². The van der Waals surface area contributed by atoms with E-state index in [1.165, 1.54) is 0 Å². The molecule has 0 radical (unpaired) electrons. The van der Waals surface area contributed by atoms with Crippen molar-refractivity contribution in [2.75, 3.05) is 19.6 Å². The maximum Gasteiger partial charge on any atom is 0.317 e. The van der Waals surface area contributed by atoms with Crippen molar-refractivity contribution in [1.29, 1.82) is 0 Å². The van der Waals surface area contributed by atoms with Gasteiger partial charge in [0.1, 0.15) is 0 Å². The summed E-state index contributed by atoms with van der Waals surface area (Å²) in [7, 11) is 0. The molecule has 18 heavy (non-hydrogen) atoms. The third kappa shape index (κ3) is 5.82. The van der Waals surface area contributed by atoms with E-state index < -0.39 is 5.97 Å². The van der Waals surface area contributed by atoms with E-state index in [0.29, 0.717) is 6.42 Å². The Kier molecular flexibility index (Phi) is 6.43. The highest BCUT2D eigenvalue weighted by Crippen LogP contribution is 2.10. The van der Waals surface area contributed by atoms with Crippen LogP contribution in [0.25, 0.3) is 0 Å². The van der Waals surface area contributed by atoms with Crippen LogP contribution in [-0.2, 0) is 9.59 Å². The minimum Gasteiger partial charge on any atom is -0.480 e. The Morgan fingerprint density at radius 1 is 1.33 bits per heavy atom. The molecule has 0 aromatic rings. The molecule has 1 aliphatic rings. The predicted octanol–water partition coefficient (Wildman–Crippen LogP) is 1.01. The summed E-state index contributed by atoms with van der Waals surface area (Å²) in [5, 5.41) is 11.7. The quantitative estimate of drug-likeness (QED) is 0.694. The van der Waals surface area contributed by atoms with E-state index >= 15 is 0 Å². The standard InChI is InChI=1S/C13H22N2O3/c1-2-3-4-5-12(16)14-11-6-8-15(9-7-11)10-13(17)18/h3-4,11H,2,5-10H2,1H3,(H,14,16)(H,17,18). The summed E-state index contributed by atoms with van der Waals surface area (Å²) in [5.41, 5.74) is 0. The van der Waals surface area contributed by atoms with Gasteiger partial charge in [0, 0.05) is 25.6 Å². The van der Waals surface area contributed by atoms with Gasteiger partial charge >= 0.3 is 5.97 Å². The van der Waals surface area contributed by atoms with Crippen molar-refractivity contribution < 1.29 is 14.7 Å². The number of likely N-dealkylation sites (tertiary alicyclic amines) is 1. The van der Waals surface area contributed by atoms with Crippen LogP contribution in [0.15, 0.2) is 12.2 Å².